The van der Waals surface area contributed by atoms with Gasteiger partial charge >= 0.3 is 0 Å². The van der Waals surface area contributed by atoms with Gasteiger partial charge in [-0.2, -0.15) is 0 Å². The third kappa shape index (κ3) is 1.88. The fraction of sp³-hybridized carbons (Fsp3) is 0.167. The average Bonchev–Trinajstić information content (AvgIpc) is 1.88. The summed E-state index contributed by atoms with van der Waals surface area (Å²) in [5, 5.41) is 0.511. The summed E-state index contributed by atoms with van der Waals surface area (Å²) in [5.74, 6) is 0.599. The number of halogens is 1. The Morgan fingerprint density at radius 2 is 2.44 bits per heavy atom. The highest BCUT2D eigenvalue weighted by molar-refractivity contribution is 7.79. The summed E-state index contributed by atoms with van der Waals surface area (Å²) < 4.78 is 0. The molecule has 47 valence electrons. The molecule has 9 heavy (non-hydrogen) atoms. The quantitative estimate of drug-likeness (QED) is 0.573. The summed E-state index contributed by atoms with van der Waals surface area (Å²) in [7, 11) is 0. The first-order chi connectivity index (χ1) is 4.33. The molecule has 1 rings (SSSR count). The summed E-state index contributed by atoms with van der Waals surface area (Å²) in [6.45, 7) is 0. The van der Waals surface area contributed by atoms with Crippen LogP contribution in [0.15, 0.2) is 18.3 Å². The molecule has 0 atom stereocenters. The van der Waals surface area contributed by atoms with E-state index in [9.17, 15) is 0 Å². The SMILES string of the molecule is [S]Cc1ccnc(Cl)c1. The predicted octanol–water partition coefficient (Wildman–Crippen LogP) is 2.43. The van der Waals surface area contributed by atoms with Crippen molar-refractivity contribution in [2.45, 2.75) is 5.75 Å². The minimum Gasteiger partial charge on any atom is -0.245 e. The molecule has 3 heteroatoms. The molecule has 0 aliphatic rings. The molecule has 0 amide bonds. The van der Waals surface area contributed by atoms with Crippen LogP contribution in [0.1, 0.15) is 5.56 Å². The molecule has 0 fully saturated rings. The Morgan fingerprint density at radius 3 is 2.89 bits per heavy atom. The van der Waals surface area contributed by atoms with Gasteiger partial charge in [0.15, 0.2) is 0 Å². The minimum atomic E-state index is 0.511. The van der Waals surface area contributed by atoms with E-state index in [2.05, 4.69) is 4.98 Å². The molecule has 0 bridgehead atoms. The van der Waals surface area contributed by atoms with E-state index < -0.39 is 0 Å². The van der Waals surface area contributed by atoms with E-state index in [-0.39, 0.29) is 0 Å². The molecule has 0 N–H and O–H groups in total. The van der Waals surface area contributed by atoms with E-state index in [1.54, 1.807) is 12.3 Å². The standard InChI is InChI=1S/C6H5ClNS/c7-6-3-5(4-9)1-2-8-6/h1-3H,4H2. The maximum atomic E-state index is 5.57. The largest absolute Gasteiger partial charge is 0.245 e. The molecule has 1 heterocycles. The molecule has 0 saturated carbocycles. The van der Waals surface area contributed by atoms with Gasteiger partial charge in [-0.3, -0.25) is 0 Å². The van der Waals surface area contributed by atoms with Crippen molar-refractivity contribution in [1.82, 2.24) is 4.98 Å². The molecule has 0 aromatic carbocycles. The Labute approximate surface area is 64.5 Å². The smallest absolute Gasteiger partial charge is 0.129 e. The number of rotatable bonds is 1. The number of aromatic nitrogens is 1. The van der Waals surface area contributed by atoms with Crippen LogP contribution in [0.25, 0.3) is 0 Å². The summed E-state index contributed by atoms with van der Waals surface area (Å²) in [5.41, 5.74) is 1.05. The van der Waals surface area contributed by atoms with Crippen molar-refractivity contribution in [3.8, 4) is 0 Å². The van der Waals surface area contributed by atoms with Crippen molar-refractivity contribution in [1.29, 1.82) is 0 Å². The topological polar surface area (TPSA) is 12.9 Å². The Bertz CT molecular complexity index is 202. The molecule has 0 aliphatic carbocycles. The molecule has 0 unspecified atom stereocenters. The monoisotopic (exact) mass is 158 g/mol. The zero-order valence-electron chi connectivity index (χ0n) is 4.67. The fourth-order valence-electron chi connectivity index (χ4n) is 0.532. The van der Waals surface area contributed by atoms with E-state index in [0.717, 1.165) is 5.56 Å². The van der Waals surface area contributed by atoms with Gasteiger partial charge in [0, 0.05) is 11.9 Å². The van der Waals surface area contributed by atoms with Gasteiger partial charge in [0.1, 0.15) is 5.15 Å². The second-order valence-corrected chi connectivity index (χ2v) is 2.31. The van der Waals surface area contributed by atoms with E-state index in [1.807, 2.05) is 6.07 Å². The van der Waals surface area contributed by atoms with E-state index in [0.29, 0.717) is 10.9 Å². The van der Waals surface area contributed by atoms with Crippen molar-refractivity contribution in [3.63, 3.8) is 0 Å². The number of nitrogens with zero attached hydrogens (tertiary/aromatic N) is 1. The van der Waals surface area contributed by atoms with E-state index >= 15 is 0 Å². The number of hydrogen-bond acceptors (Lipinski definition) is 1. The number of pyridine rings is 1. The van der Waals surface area contributed by atoms with E-state index in [4.69, 9.17) is 24.2 Å². The molecule has 1 nitrogen and oxygen atoms in total. The zero-order valence-corrected chi connectivity index (χ0v) is 6.25. The molecule has 1 radical (unpaired) electrons. The van der Waals surface area contributed by atoms with Gasteiger partial charge in [-0.1, -0.05) is 24.2 Å². The lowest BCUT2D eigenvalue weighted by atomic mass is 10.3. The van der Waals surface area contributed by atoms with Crippen LogP contribution in [0.3, 0.4) is 0 Å². The summed E-state index contributed by atoms with van der Waals surface area (Å²) in [6, 6.07) is 3.63. The third-order valence-corrected chi connectivity index (χ3v) is 1.50. The minimum absolute atomic E-state index is 0.511. The summed E-state index contributed by atoms with van der Waals surface area (Å²) in [6.07, 6.45) is 1.66. The maximum absolute atomic E-state index is 5.57. The Kier molecular flexibility index (Phi) is 2.37. The van der Waals surface area contributed by atoms with Gasteiger partial charge in [-0.25, -0.2) is 4.98 Å². The normalized spacial score (nSPS) is 9.56. The van der Waals surface area contributed by atoms with Gasteiger partial charge in [-0.15, -0.1) is 0 Å². The first kappa shape index (κ1) is 6.90. The van der Waals surface area contributed by atoms with Crippen LogP contribution in [0.2, 0.25) is 5.15 Å². The lowest BCUT2D eigenvalue weighted by Crippen LogP contribution is -1.78. The fourth-order valence-corrected chi connectivity index (χ4v) is 0.908. The molecular formula is C6H5ClNS. The van der Waals surface area contributed by atoms with Crippen LogP contribution in [-0.4, -0.2) is 4.98 Å². The van der Waals surface area contributed by atoms with Gasteiger partial charge in [-0.05, 0) is 17.7 Å². The maximum Gasteiger partial charge on any atom is 0.129 e. The Hall–Kier alpha value is -0.210. The van der Waals surface area contributed by atoms with Crippen LogP contribution in [0.4, 0.5) is 0 Å². The van der Waals surface area contributed by atoms with Crippen molar-refractivity contribution in [3.05, 3.63) is 29.0 Å². The molecule has 0 aliphatic heterocycles. The molecular weight excluding hydrogens is 154 g/mol. The zero-order chi connectivity index (χ0) is 6.69. The van der Waals surface area contributed by atoms with Gasteiger partial charge in [0.05, 0.1) is 0 Å². The molecule has 1 aromatic heterocycles. The van der Waals surface area contributed by atoms with Crippen molar-refractivity contribution >= 4 is 24.2 Å². The van der Waals surface area contributed by atoms with Crippen LogP contribution < -0.4 is 0 Å². The lowest BCUT2D eigenvalue weighted by molar-refractivity contribution is 1.27. The van der Waals surface area contributed by atoms with Crippen LogP contribution in [-0.2, 0) is 5.75 Å². The van der Waals surface area contributed by atoms with Gasteiger partial charge in [0.25, 0.3) is 0 Å². The van der Waals surface area contributed by atoms with Crippen molar-refractivity contribution < 1.29 is 0 Å². The first-order valence-electron chi connectivity index (χ1n) is 2.51. The Balaban J connectivity index is 2.94. The van der Waals surface area contributed by atoms with Crippen molar-refractivity contribution in [2.24, 2.45) is 0 Å². The highest BCUT2D eigenvalue weighted by atomic mass is 35.5. The second kappa shape index (κ2) is 3.08. The van der Waals surface area contributed by atoms with E-state index in [1.165, 1.54) is 0 Å². The lowest BCUT2D eigenvalue weighted by Gasteiger charge is -1.92. The van der Waals surface area contributed by atoms with Crippen LogP contribution >= 0.6 is 24.2 Å². The summed E-state index contributed by atoms with van der Waals surface area (Å²) >= 11 is 10.4. The summed E-state index contributed by atoms with van der Waals surface area (Å²) in [4.78, 5) is 3.81. The number of hydrogen-bond donors (Lipinski definition) is 0. The second-order valence-electron chi connectivity index (χ2n) is 1.63. The van der Waals surface area contributed by atoms with Crippen molar-refractivity contribution in [2.75, 3.05) is 0 Å². The Morgan fingerprint density at radius 1 is 1.67 bits per heavy atom. The van der Waals surface area contributed by atoms with Crippen LogP contribution in [0, 0.1) is 0 Å². The average molecular weight is 159 g/mol. The highest BCUT2D eigenvalue weighted by Gasteiger charge is 1.89. The van der Waals surface area contributed by atoms with Crippen LogP contribution in [0.5, 0.6) is 0 Å². The van der Waals surface area contributed by atoms with Gasteiger partial charge in [0.2, 0.25) is 0 Å². The van der Waals surface area contributed by atoms with Gasteiger partial charge < -0.3 is 0 Å². The highest BCUT2D eigenvalue weighted by Crippen LogP contribution is 2.08. The first-order valence-corrected chi connectivity index (χ1v) is 3.47. The predicted molar refractivity (Wildman–Crippen MR) is 40.5 cm³/mol. The molecule has 0 spiro atoms. The third-order valence-electron chi connectivity index (χ3n) is 0.958. The molecule has 1 aromatic rings. The molecule has 0 saturated heterocycles.